The summed E-state index contributed by atoms with van der Waals surface area (Å²) < 4.78 is 22.9. The molecule has 0 aromatic rings. The van der Waals surface area contributed by atoms with Crippen molar-refractivity contribution < 1.29 is 64.6 Å². The van der Waals surface area contributed by atoms with Crippen LogP contribution in [0.2, 0.25) is 0 Å². The third-order valence-corrected chi connectivity index (χ3v) is 18.7. The maximum atomic E-state index is 13.4. The number of amides is 1. The average Bonchev–Trinajstić information content (AvgIpc) is 0.830. The van der Waals surface area contributed by atoms with Crippen molar-refractivity contribution >= 4 is 5.91 Å². The number of allylic oxidation sites excluding steroid dienone is 9. The SMILES string of the molecule is CCCCCCC/C=C\C/C=C\CCCCCCCCCCCCCCCCCCCCCCCCCC(=O)NC(COC1OC(CO)C(OC2OC(CO)C(O)C(O)C2O)C(O)C1O)C(O)/C=C/CC/C=C/CC/C=C/CCCCCCCCCCCCCCC. The van der Waals surface area contributed by atoms with Gasteiger partial charge < -0.3 is 65.1 Å². The molecule has 14 nitrogen and oxygen atoms in total. The van der Waals surface area contributed by atoms with E-state index in [4.69, 9.17) is 18.9 Å². The predicted molar refractivity (Wildman–Crippen MR) is 378 cm³/mol. The molecule has 9 N–H and O–H groups in total. The maximum Gasteiger partial charge on any atom is 0.220 e. The lowest BCUT2D eigenvalue weighted by Crippen LogP contribution is -2.65. The number of carbonyl (C=O) groups is 1. The van der Waals surface area contributed by atoms with E-state index in [0.717, 1.165) is 51.4 Å². The summed E-state index contributed by atoms with van der Waals surface area (Å²) in [4.78, 5) is 13.4. The van der Waals surface area contributed by atoms with Gasteiger partial charge in [-0.3, -0.25) is 4.79 Å². The number of carbonyl (C=O) groups excluding carboxylic acids is 1. The Balaban J connectivity index is 1.63. The van der Waals surface area contributed by atoms with Crippen LogP contribution >= 0.6 is 0 Å². The van der Waals surface area contributed by atoms with E-state index in [1.165, 1.54) is 250 Å². The summed E-state index contributed by atoms with van der Waals surface area (Å²) in [6.45, 7) is 2.81. The van der Waals surface area contributed by atoms with Gasteiger partial charge in [0.05, 0.1) is 32.0 Å². The van der Waals surface area contributed by atoms with Crippen LogP contribution in [0.25, 0.3) is 0 Å². The van der Waals surface area contributed by atoms with Crippen LogP contribution in [0.5, 0.6) is 0 Å². The minimum Gasteiger partial charge on any atom is -0.394 e. The van der Waals surface area contributed by atoms with Crippen molar-refractivity contribution in [1.29, 1.82) is 0 Å². The summed E-state index contributed by atoms with van der Waals surface area (Å²) in [5, 5.41) is 87.5. The number of nitrogens with one attached hydrogen (secondary N) is 1. The van der Waals surface area contributed by atoms with Crippen LogP contribution in [-0.4, -0.2) is 140 Å². The molecule has 538 valence electrons. The Morgan fingerprint density at radius 3 is 1.13 bits per heavy atom. The Kier molecular flexibility index (Phi) is 58.0. The number of unbranched alkanes of at least 4 members (excludes halogenated alkanes) is 43. The second kappa shape index (κ2) is 62.2. The van der Waals surface area contributed by atoms with E-state index in [2.05, 4.69) is 67.8 Å². The molecule has 92 heavy (non-hydrogen) atoms. The summed E-state index contributed by atoms with van der Waals surface area (Å²) in [5.41, 5.74) is 0. The van der Waals surface area contributed by atoms with Crippen molar-refractivity contribution in [3.05, 3.63) is 60.8 Å². The zero-order valence-corrected chi connectivity index (χ0v) is 58.8. The minimum absolute atomic E-state index is 0.248. The first-order valence-corrected chi connectivity index (χ1v) is 38.5. The van der Waals surface area contributed by atoms with Crippen molar-refractivity contribution in [1.82, 2.24) is 5.32 Å². The van der Waals surface area contributed by atoms with Crippen molar-refractivity contribution in [2.24, 2.45) is 0 Å². The molecule has 0 bridgehead atoms. The molecule has 1 amide bonds. The van der Waals surface area contributed by atoms with Gasteiger partial charge in [-0.1, -0.05) is 312 Å². The van der Waals surface area contributed by atoms with Crippen LogP contribution < -0.4 is 5.32 Å². The van der Waals surface area contributed by atoms with Crippen LogP contribution in [0.15, 0.2) is 60.8 Å². The maximum absolute atomic E-state index is 13.4. The Bertz CT molecular complexity index is 1780. The van der Waals surface area contributed by atoms with Gasteiger partial charge in [-0.05, 0) is 77.0 Å². The van der Waals surface area contributed by atoms with E-state index in [9.17, 15) is 45.6 Å². The normalized spacial score (nSPS) is 23.0. The highest BCUT2D eigenvalue weighted by Gasteiger charge is 2.51. The first-order chi connectivity index (χ1) is 45.1. The minimum atomic E-state index is -1.79. The van der Waals surface area contributed by atoms with E-state index >= 15 is 0 Å². The topological polar surface area (TPSA) is 228 Å². The van der Waals surface area contributed by atoms with Gasteiger partial charge in [0.2, 0.25) is 5.91 Å². The number of aliphatic hydroxyl groups is 8. The molecule has 14 heteroatoms. The number of rotatable bonds is 64. The van der Waals surface area contributed by atoms with Crippen molar-refractivity contribution in [3.8, 4) is 0 Å². The number of hydrogen-bond acceptors (Lipinski definition) is 13. The lowest BCUT2D eigenvalue weighted by Gasteiger charge is -2.46. The van der Waals surface area contributed by atoms with Crippen molar-refractivity contribution in [3.63, 3.8) is 0 Å². The van der Waals surface area contributed by atoms with Gasteiger partial charge in [-0.25, -0.2) is 0 Å². The van der Waals surface area contributed by atoms with Crippen LogP contribution in [0.3, 0.4) is 0 Å². The van der Waals surface area contributed by atoms with Gasteiger partial charge in [-0.15, -0.1) is 0 Å². The Hall–Kier alpha value is -2.31. The highest BCUT2D eigenvalue weighted by Crippen LogP contribution is 2.30. The van der Waals surface area contributed by atoms with Gasteiger partial charge in [0, 0.05) is 6.42 Å². The smallest absolute Gasteiger partial charge is 0.220 e. The molecule has 2 aliphatic heterocycles. The molecular weight excluding hydrogens is 1160 g/mol. The lowest BCUT2D eigenvalue weighted by molar-refractivity contribution is -0.359. The third-order valence-electron chi connectivity index (χ3n) is 18.7. The summed E-state index contributed by atoms with van der Waals surface area (Å²) in [5.74, 6) is -0.248. The monoisotopic (exact) mass is 1300 g/mol. The highest BCUT2D eigenvalue weighted by atomic mass is 16.7. The summed E-state index contributed by atoms with van der Waals surface area (Å²) in [7, 11) is 0. The van der Waals surface area contributed by atoms with Crippen LogP contribution in [0.4, 0.5) is 0 Å². The Labute approximate surface area is 562 Å². The zero-order chi connectivity index (χ0) is 66.6. The molecule has 0 aromatic heterocycles. The fourth-order valence-electron chi connectivity index (χ4n) is 12.5. The van der Waals surface area contributed by atoms with Gasteiger partial charge >= 0.3 is 0 Å². The first kappa shape index (κ1) is 85.8. The zero-order valence-electron chi connectivity index (χ0n) is 58.8. The number of hydrogen-bond donors (Lipinski definition) is 9. The summed E-state index contributed by atoms with van der Waals surface area (Å²) in [6.07, 6.45) is 67.3. The average molecular weight is 1300 g/mol. The van der Waals surface area contributed by atoms with E-state index in [0.29, 0.717) is 12.8 Å². The first-order valence-electron chi connectivity index (χ1n) is 38.5. The Morgan fingerprint density at radius 1 is 0.391 bits per heavy atom. The molecule has 12 unspecified atom stereocenters. The molecule has 0 aromatic carbocycles. The molecule has 2 aliphatic rings. The molecule has 0 radical (unpaired) electrons. The van der Waals surface area contributed by atoms with E-state index in [1.807, 2.05) is 6.08 Å². The van der Waals surface area contributed by atoms with Crippen molar-refractivity contribution in [2.45, 2.75) is 408 Å². The molecule has 0 saturated carbocycles. The molecule has 12 atom stereocenters. The van der Waals surface area contributed by atoms with Gasteiger partial charge in [0.1, 0.15) is 48.8 Å². The number of aliphatic hydroxyl groups excluding tert-OH is 8. The lowest BCUT2D eigenvalue weighted by atomic mass is 9.97. The standard InChI is InChI=1S/C78H143NO13/c1-3-5-7-9-11-13-15-17-19-21-23-25-27-28-29-30-31-32-33-34-35-36-37-38-40-42-44-46-48-50-52-54-56-58-60-62-70(83)79-66(65-89-77-75(88)73(86)76(69(64-81)91-77)92-78-74(87)72(85)71(84)68(63-80)90-78)67(82)61-59-57-55-53-51-49-47-45-43-41-39-26-24-22-20-18-16-14-12-10-8-6-4-2/h15,17,21,23,43,45,51,53,59,61,66-69,71-78,80-82,84-88H,3-14,16,18-20,22,24-42,44,46-50,52,54-58,60,62-65H2,1-2H3,(H,79,83)/b17-15-,23-21-,45-43+,53-51+,61-59+. The largest absolute Gasteiger partial charge is 0.394 e. The molecule has 0 aliphatic carbocycles. The third kappa shape index (κ3) is 45.2. The fraction of sp³-hybridized carbons (Fsp3) is 0.859. The predicted octanol–water partition coefficient (Wildman–Crippen LogP) is 16.8. The van der Waals surface area contributed by atoms with Gasteiger partial charge in [0.15, 0.2) is 12.6 Å². The quantitative estimate of drug-likeness (QED) is 0.0204. The number of ether oxygens (including phenoxy) is 4. The second-order valence-corrected chi connectivity index (χ2v) is 27.1. The molecular formula is C78H143NO13. The van der Waals surface area contributed by atoms with Crippen LogP contribution in [-0.2, 0) is 23.7 Å². The van der Waals surface area contributed by atoms with Crippen LogP contribution in [0.1, 0.15) is 335 Å². The molecule has 2 heterocycles. The highest BCUT2D eigenvalue weighted by molar-refractivity contribution is 5.76. The molecule has 2 rings (SSSR count). The molecule has 0 spiro atoms. The summed E-state index contributed by atoms with van der Waals surface area (Å²) >= 11 is 0. The van der Waals surface area contributed by atoms with Crippen molar-refractivity contribution in [2.75, 3.05) is 19.8 Å². The van der Waals surface area contributed by atoms with Crippen LogP contribution in [0, 0.1) is 0 Å². The molecule has 2 fully saturated rings. The Morgan fingerprint density at radius 2 is 0.728 bits per heavy atom. The van der Waals surface area contributed by atoms with E-state index in [-0.39, 0.29) is 18.9 Å². The second-order valence-electron chi connectivity index (χ2n) is 27.1. The van der Waals surface area contributed by atoms with Gasteiger partial charge in [-0.2, -0.15) is 0 Å². The van der Waals surface area contributed by atoms with E-state index < -0.39 is 86.8 Å². The van der Waals surface area contributed by atoms with Gasteiger partial charge in [0.25, 0.3) is 0 Å². The summed E-state index contributed by atoms with van der Waals surface area (Å²) in [6, 6.07) is -0.940. The fourth-order valence-corrected chi connectivity index (χ4v) is 12.5. The van der Waals surface area contributed by atoms with E-state index in [1.54, 1.807) is 6.08 Å². The molecule has 2 saturated heterocycles.